The highest BCUT2D eigenvalue weighted by Crippen LogP contribution is 2.28. The minimum absolute atomic E-state index is 0.123. The monoisotopic (exact) mass is 301 g/mol. The molecule has 0 heterocycles. The standard InChI is InChI=1S/C13H23N3O3S/c1-4-19-10-6-9-15-11-7-5-8-12(13(11)14)20(17,18)16(2)3/h5,7-8,15H,4,6,9-10,14H2,1-3H3. The van der Waals surface area contributed by atoms with Crippen LogP contribution < -0.4 is 11.1 Å². The van der Waals surface area contributed by atoms with Crippen molar-refractivity contribution in [2.24, 2.45) is 0 Å². The molecule has 0 radical (unpaired) electrons. The summed E-state index contributed by atoms with van der Waals surface area (Å²) in [6.07, 6.45) is 0.831. The number of para-hydroxylation sites is 1. The van der Waals surface area contributed by atoms with Gasteiger partial charge in [-0.05, 0) is 25.5 Å². The normalized spacial score (nSPS) is 11.8. The molecule has 3 N–H and O–H groups in total. The predicted molar refractivity (Wildman–Crippen MR) is 81.3 cm³/mol. The molecule has 1 aromatic rings. The zero-order chi connectivity index (χ0) is 15.2. The number of nitrogens with one attached hydrogen (secondary N) is 1. The van der Waals surface area contributed by atoms with Crippen molar-refractivity contribution in [3.05, 3.63) is 18.2 Å². The maximum Gasteiger partial charge on any atom is 0.244 e. The smallest absolute Gasteiger partial charge is 0.244 e. The number of rotatable bonds is 8. The molecule has 0 saturated heterocycles. The number of nitrogen functional groups attached to an aromatic ring is 1. The van der Waals surface area contributed by atoms with Crippen LogP contribution in [0.3, 0.4) is 0 Å². The highest BCUT2D eigenvalue weighted by atomic mass is 32.2. The Balaban J connectivity index is 2.81. The number of sulfonamides is 1. The molecular weight excluding hydrogens is 278 g/mol. The summed E-state index contributed by atoms with van der Waals surface area (Å²) in [4.78, 5) is 0.123. The van der Waals surface area contributed by atoms with Crippen molar-refractivity contribution in [3.8, 4) is 0 Å². The summed E-state index contributed by atoms with van der Waals surface area (Å²) < 4.78 is 30.6. The molecule has 0 spiro atoms. The first-order chi connectivity index (χ1) is 9.41. The van der Waals surface area contributed by atoms with E-state index in [1.165, 1.54) is 20.2 Å². The zero-order valence-corrected chi connectivity index (χ0v) is 13.0. The molecule has 0 aromatic heterocycles. The summed E-state index contributed by atoms with van der Waals surface area (Å²) in [6, 6.07) is 4.96. The van der Waals surface area contributed by atoms with Crippen LogP contribution in [0.2, 0.25) is 0 Å². The fourth-order valence-electron chi connectivity index (χ4n) is 1.66. The molecule has 1 aromatic carbocycles. The third-order valence-corrected chi connectivity index (χ3v) is 4.68. The molecule has 0 bridgehead atoms. The van der Waals surface area contributed by atoms with Gasteiger partial charge >= 0.3 is 0 Å². The molecule has 0 aliphatic rings. The van der Waals surface area contributed by atoms with Crippen LogP contribution in [0, 0.1) is 0 Å². The predicted octanol–water partition coefficient (Wildman–Crippen LogP) is 1.36. The number of benzene rings is 1. The van der Waals surface area contributed by atoms with E-state index in [4.69, 9.17) is 10.5 Å². The number of hydrogen-bond acceptors (Lipinski definition) is 5. The van der Waals surface area contributed by atoms with Crippen LogP contribution in [0.1, 0.15) is 13.3 Å². The topological polar surface area (TPSA) is 84.7 Å². The Kier molecular flexibility index (Phi) is 6.25. The van der Waals surface area contributed by atoms with Gasteiger partial charge in [-0.25, -0.2) is 12.7 Å². The fourth-order valence-corrected chi connectivity index (χ4v) is 2.69. The van der Waals surface area contributed by atoms with Crippen LogP contribution in [0.15, 0.2) is 23.1 Å². The number of anilines is 2. The summed E-state index contributed by atoms with van der Waals surface area (Å²) in [7, 11) is -0.559. The molecule has 20 heavy (non-hydrogen) atoms. The lowest BCUT2D eigenvalue weighted by Gasteiger charge is -2.16. The van der Waals surface area contributed by atoms with Gasteiger partial charge in [0.2, 0.25) is 10.0 Å². The van der Waals surface area contributed by atoms with Crippen LogP contribution in [0.5, 0.6) is 0 Å². The number of ether oxygens (including phenoxy) is 1. The van der Waals surface area contributed by atoms with Crippen LogP contribution in [0.25, 0.3) is 0 Å². The Morgan fingerprint density at radius 2 is 2.05 bits per heavy atom. The number of hydrogen-bond donors (Lipinski definition) is 2. The summed E-state index contributed by atoms with van der Waals surface area (Å²) in [5, 5.41) is 3.14. The molecule has 114 valence electrons. The van der Waals surface area contributed by atoms with Gasteiger partial charge in [0, 0.05) is 33.9 Å². The molecule has 0 aliphatic heterocycles. The fraction of sp³-hybridized carbons (Fsp3) is 0.538. The average molecular weight is 301 g/mol. The molecule has 0 unspecified atom stereocenters. The Hall–Kier alpha value is -1.31. The Labute approximate surface area is 121 Å². The largest absolute Gasteiger partial charge is 0.396 e. The molecule has 6 nitrogen and oxygen atoms in total. The Bertz CT molecular complexity index is 530. The second-order valence-corrected chi connectivity index (χ2v) is 6.60. The van der Waals surface area contributed by atoms with Gasteiger partial charge in [0.25, 0.3) is 0 Å². The Morgan fingerprint density at radius 3 is 2.65 bits per heavy atom. The first-order valence-corrected chi connectivity index (χ1v) is 7.98. The number of nitrogens with zero attached hydrogens (tertiary/aromatic N) is 1. The summed E-state index contributed by atoms with van der Waals surface area (Å²) >= 11 is 0. The van der Waals surface area contributed by atoms with Crippen molar-refractivity contribution < 1.29 is 13.2 Å². The quantitative estimate of drug-likeness (QED) is 0.559. The molecular formula is C13H23N3O3S. The molecule has 0 aliphatic carbocycles. The molecule has 0 saturated carbocycles. The number of nitrogens with two attached hydrogens (primary N) is 1. The van der Waals surface area contributed by atoms with E-state index in [1.54, 1.807) is 12.1 Å². The minimum Gasteiger partial charge on any atom is -0.396 e. The third-order valence-electron chi connectivity index (χ3n) is 2.81. The minimum atomic E-state index is -3.53. The zero-order valence-electron chi connectivity index (χ0n) is 12.2. The SMILES string of the molecule is CCOCCCNc1cccc(S(=O)(=O)N(C)C)c1N. The van der Waals surface area contributed by atoms with E-state index in [0.29, 0.717) is 25.4 Å². The first kappa shape index (κ1) is 16.7. The van der Waals surface area contributed by atoms with Crippen molar-refractivity contribution in [2.45, 2.75) is 18.2 Å². The molecule has 0 fully saturated rings. The van der Waals surface area contributed by atoms with Crippen LogP contribution >= 0.6 is 0 Å². The van der Waals surface area contributed by atoms with Crippen molar-refractivity contribution in [1.29, 1.82) is 0 Å². The van der Waals surface area contributed by atoms with Crippen LogP contribution in [0.4, 0.5) is 11.4 Å². The van der Waals surface area contributed by atoms with Gasteiger partial charge in [0.1, 0.15) is 4.90 Å². The highest BCUT2D eigenvalue weighted by molar-refractivity contribution is 7.89. The van der Waals surface area contributed by atoms with E-state index in [0.717, 1.165) is 10.7 Å². The maximum absolute atomic E-state index is 12.1. The average Bonchev–Trinajstić information content (AvgIpc) is 2.39. The van der Waals surface area contributed by atoms with Gasteiger partial charge in [-0.3, -0.25) is 0 Å². The molecule has 0 atom stereocenters. The van der Waals surface area contributed by atoms with Gasteiger partial charge in [-0.15, -0.1) is 0 Å². The van der Waals surface area contributed by atoms with E-state index in [9.17, 15) is 8.42 Å². The molecule has 7 heteroatoms. The van der Waals surface area contributed by atoms with E-state index >= 15 is 0 Å². The van der Waals surface area contributed by atoms with Gasteiger partial charge in [-0.2, -0.15) is 0 Å². The lowest BCUT2D eigenvalue weighted by Crippen LogP contribution is -2.23. The second kappa shape index (κ2) is 7.47. The van der Waals surface area contributed by atoms with Gasteiger partial charge in [0.15, 0.2) is 0 Å². The van der Waals surface area contributed by atoms with E-state index in [1.807, 2.05) is 6.92 Å². The van der Waals surface area contributed by atoms with Crippen LogP contribution in [-0.2, 0) is 14.8 Å². The maximum atomic E-state index is 12.1. The summed E-state index contributed by atoms with van der Waals surface area (Å²) in [6.45, 7) is 3.98. The molecule has 1 rings (SSSR count). The van der Waals surface area contributed by atoms with E-state index < -0.39 is 10.0 Å². The molecule has 0 amide bonds. The Morgan fingerprint density at radius 1 is 1.35 bits per heavy atom. The van der Waals surface area contributed by atoms with Crippen molar-refractivity contribution in [3.63, 3.8) is 0 Å². The van der Waals surface area contributed by atoms with Gasteiger partial charge < -0.3 is 15.8 Å². The van der Waals surface area contributed by atoms with Gasteiger partial charge in [-0.1, -0.05) is 6.07 Å². The van der Waals surface area contributed by atoms with Crippen molar-refractivity contribution in [1.82, 2.24) is 4.31 Å². The summed E-state index contributed by atoms with van der Waals surface area (Å²) in [5.41, 5.74) is 6.83. The third kappa shape index (κ3) is 4.09. The second-order valence-electron chi connectivity index (χ2n) is 4.48. The van der Waals surface area contributed by atoms with Crippen molar-refractivity contribution in [2.75, 3.05) is 44.9 Å². The van der Waals surface area contributed by atoms with E-state index in [2.05, 4.69) is 5.32 Å². The lowest BCUT2D eigenvalue weighted by atomic mass is 10.2. The first-order valence-electron chi connectivity index (χ1n) is 6.54. The van der Waals surface area contributed by atoms with Crippen LogP contribution in [-0.4, -0.2) is 46.6 Å². The van der Waals surface area contributed by atoms with Gasteiger partial charge in [0.05, 0.1) is 11.4 Å². The lowest BCUT2D eigenvalue weighted by molar-refractivity contribution is 0.147. The highest BCUT2D eigenvalue weighted by Gasteiger charge is 2.21. The van der Waals surface area contributed by atoms with E-state index in [-0.39, 0.29) is 10.6 Å². The van der Waals surface area contributed by atoms with Crippen molar-refractivity contribution >= 4 is 21.4 Å². The summed E-state index contributed by atoms with van der Waals surface area (Å²) in [5.74, 6) is 0.